The quantitative estimate of drug-likeness (QED) is 0.384. The molecule has 0 heterocycles. The van der Waals surface area contributed by atoms with Gasteiger partial charge in [0.2, 0.25) is 15.9 Å². The van der Waals surface area contributed by atoms with Crippen molar-refractivity contribution in [1.29, 1.82) is 0 Å². The van der Waals surface area contributed by atoms with Gasteiger partial charge in [0.25, 0.3) is 10.0 Å². The van der Waals surface area contributed by atoms with E-state index in [1.807, 2.05) is 19.9 Å². The molecule has 38 heavy (non-hydrogen) atoms. The van der Waals surface area contributed by atoms with Crippen LogP contribution in [0.2, 0.25) is 0 Å². The fourth-order valence-electron chi connectivity index (χ4n) is 3.94. The van der Waals surface area contributed by atoms with Gasteiger partial charge in [-0.3, -0.25) is 13.8 Å². The summed E-state index contributed by atoms with van der Waals surface area (Å²) in [5, 5.41) is 2.66. The summed E-state index contributed by atoms with van der Waals surface area (Å²) in [4.78, 5) is 13.0. The van der Waals surface area contributed by atoms with Crippen molar-refractivity contribution in [2.24, 2.45) is 0 Å². The van der Waals surface area contributed by atoms with E-state index in [1.165, 1.54) is 51.5 Å². The normalized spacial score (nSPS) is 12.4. The van der Waals surface area contributed by atoms with Crippen molar-refractivity contribution in [2.45, 2.75) is 31.7 Å². The number of sulfonamides is 2. The van der Waals surface area contributed by atoms with Crippen LogP contribution in [0.25, 0.3) is 0 Å². The van der Waals surface area contributed by atoms with E-state index in [-0.39, 0.29) is 16.3 Å². The van der Waals surface area contributed by atoms with Gasteiger partial charge in [0.15, 0.2) is 0 Å². The minimum Gasteiger partial charge on any atom is -0.497 e. The lowest BCUT2D eigenvalue weighted by Crippen LogP contribution is -2.45. The molecule has 0 radical (unpaired) electrons. The van der Waals surface area contributed by atoms with Gasteiger partial charge in [-0.15, -0.1) is 0 Å². The van der Waals surface area contributed by atoms with Crippen LogP contribution in [0, 0.1) is 13.8 Å². The molecule has 3 rings (SSSR count). The van der Waals surface area contributed by atoms with Crippen LogP contribution in [0.4, 0.5) is 17.1 Å². The first-order valence-corrected chi connectivity index (χ1v) is 14.8. The maximum absolute atomic E-state index is 13.0. The third-order valence-electron chi connectivity index (χ3n) is 5.63. The predicted octanol–water partition coefficient (Wildman–Crippen LogP) is 3.91. The maximum Gasteiger partial charge on any atom is 0.262 e. The zero-order chi connectivity index (χ0) is 28.3. The molecule has 3 aromatic rings. The molecular formula is C26H31N3O7S2. The van der Waals surface area contributed by atoms with E-state index in [0.29, 0.717) is 17.1 Å². The molecule has 0 saturated carbocycles. The summed E-state index contributed by atoms with van der Waals surface area (Å²) in [6.45, 7) is 5.17. The van der Waals surface area contributed by atoms with Gasteiger partial charge in [0.1, 0.15) is 17.5 Å². The van der Waals surface area contributed by atoms with Crippen LogP contribution in [0.1, 0.15) is 18.1 Å². The van der Waals surface area contributed by atoms with Crippen molar-refractivity contribution in [1.82, 2.24) is 0 Å². The zero-order valence-corrected chi connectivity index (χ0v) is 23.6. The monoisotopic (exact) mass is 561 g/mol. The third kappa shape index (κ3) is 6.75. The number of anilines is 3. The lowest BCUT2D eigenvalue weighted by atomic mass is 10.1. The molecule has 0 saturated heterocycles. The van der Waals surface area contributed by atoms with Crippen LogP contribution in [-0.4, -0.2) is 49.3 Å². The first-order valence-electron chi connectivity index (χ1n) is 11.5. The summed E-state index contributed by atoms with van der Waals surface area (Å²) in [5.74, 6) is 0.211. The van der Waals surface area contributed by atoms with Gasteiger partial charge in [0, 0.05) is 11.8 Å². The van der Waals surface area contributed by atoms with Gasteiger partial charge >= 0.3 is 0 Å². The van der Waals surface area contributed by atoms with Gasteiger partial charge in [-0.1, -0.05) is 6.07 Å². The van der Waals surface area contributed by atoms with Crippen molar-refractivity contribution in [3.8, 4) is 11.5 Å². The summed E-state index contributed by atoms with van der Waals surface area (Å²) in [5.41, 5.74) is 2.63. The average molecular weight is 562 g/mol. The number of benzene rings is 3. The van der Waals surface area contributed by atoms with E-state index >= 15 is 0 Å². The lowest BCUT2D eigenvalue weighted by molar-refractivity contribution is -0.116. The van der Waals surface area contributed by atoms with Gasteiger partial charge in [0.05, 0.1) is 36.7 Å². The second-order valence-corrected chi connectivity index (χ2v) is 12.3. The number of nitrogens with zero attached hydrogens (tertiary/aromatic N) is 1. The minimum absolute atomic E-state index is 0.0468. The Labute approximate surface area is 223 Å². The van der Waals surface area contributed by atoms with Gasteiger partial charge in [-0.05, 0) is 80.4 Å². The highest BCUT2D eigenvalue weighted by atomic mass is 32.2. The first kappa shape index (κ1) is 28.8. The molecule has 2 N–H and O–H groups in total. The predicted molar refractivity (Wildman–Crippen MR) is 148 cm³/mol. The minimum atomic E-state index is -3.98. The molecule has 12 heteroatoms. The SMILES string of the molecule is COc1ccc(NS(=O)(=O)c2ccc(NC(=O)[C@H](C)N(c3cc(C)cc(C)c3)S(C)(=O)=O)cc2)c(OC)c1. The van der Waals surface area contributed by atoms with Crippen molar-refractivity contribution in [2.75, 3.05) is 34.8 Å². The lowest BCUT2D eigenvalue weighted by Gasteiger charge is -2.28. The summed E-state index contributed by atoms with van der Waals surface area (Å²) >= 11 is 0. The number of nitrogens with one attached hydrogen (secondary N) is 2. The molecule has 0 aliphatic heterocycles. The van der Waals surface area contributed by atoms with Crippen molar-refractivity contribution < 1.29 is 31.1 Å². The van der Waals surface area contributed by atoms with Crippen LogP contribution < -0.4 is 23.8 Å². The van der Waals surface area contributed by atoms with Crippen LogP contribution >= 0.6 is 0 Å². The standard InChI is InChI=1S/C26H31N3O7S2/c1-17-13-18(2)15-21(14-17)29(37(6,31)32)19(3)26(30)27-20-7-10-23(11-8-20)38(33,34)28-24-12-9-22(35-4)16-25(24)36-5/h7-16,19,28H,1-6H3,(H,27,30)/t19-/m0/s1. The molecule has 10 nitrogen and oxygen atoms in total. The largest absolute Gasteiger partial charge is 0.497 e. The van der Waals surface area contributed by atoms with Crippen LogP contribution in [-0.2, 0) is 24.8 Å². The Bertz CT molecular complexity index is 1520. The highest BCUT2D eigenvalue weighted by molar-refractivity contribution is 7.92. The molecule has 0 bridgehead atoms. The number of aryl methyl sites for hydroxylation is 2. The Kier molecular flexibility index (Phi) is 8.58. The van der Waals surface area contributed by atoms with Gasteiger partial charge < -0.3 is 14.8 Å². The molecule has 0 fully saturated rings. The topological polar surface area (TPSA) is 131 Å². The summed E-state index contributed by atoms with van der Waals surface area (Å²) in [6.07, 6.45) is 1.04. The second-order valence-electron chi connectivity index (χ2n) is 8.77. The van der Waals surface area contributed by atoms with Gasteiger partial charge in [-0.2, -0.15) is 0 Å². The molecule has 204 valence electrons. The Morgan fingerprint density at radius 1 is 0.868 bits per heavy atom. The summed E-state index contributed by atoms with van der Waals surface area (Å²) in [6, 6.07) is 14.4. The fraction of sp³-hybridized carbons (Fsp3) is 0.269. The number of amides is 1. The number of ether oxygens (including phenoxy) is 2. The maximum atomic E-state index is 13.0. The Morgan fingerprint density at radius 2 is 1.47 bits per heavy atom. The van der Waals surface area contributed by atoms with Crippen LogP contribution in [0.15, 0.2) is 65.6 Å². The molecule has 0 aliphatic rings. The fourth-order valence-corrected chi connectivity index (χ4v) is 6.17. The highest BCUT2D eigenvalue weighted by Crippen LogP contribution is 2.31. The molecule has 1 amide bonds. The van der Waals surface area contributed by atoms with E-state index in [4.69, 9.17) is 9.47 Å². The Balaban J connectivity index is 1.79. The summed E-state index contributed by atoms with van der Waals surface area (Å²) < 4.78 is 64.9. The van der Waals surface area contributed by atoms with E-state index in [2.05, 4.69) is 10.0 Å². The number of methoxy groups -OCH3 is 2. The number of hydrogen-bond donors (Lipinski definition) is 2. The number of rotatable bonds is 10. The van der Waals surface area contributed by atoms with E-state index < -0.39 is 32.0 Å². The smallest absolute Gasteiger partial charge is 0.262 e. The highest BCUT2D eigenvalue weighted by Gasteiger charge is 2.29. The van der Waals surface area contributed by atoms with E-state index in [0.717, 1.165) is 21.7 Å². The molecular weight excluding hydrogens is 530 g/mol. The van der Waals surface area contributed by atoms with Crippen molar-refractivity contribution in [3.05, 3.63) is 71.8 Å². The number of carbonyl (C=O) groups excluding carboxylic acids is 1. The zero-order valence-electron chi connectivity index (χ0n) is 22.0. The molecule has 0 aromatic heterocycles. The van der Waals surface area contributed by atoms with Crippen LogP contribution in [0.5, 0.6) is 11.5 Å². The second kappa shape index (κ2) is 11.3. The Hall–Kier alpha value is -3.77. The number of hydrogen-bond acceptors (Lipinski definition) is 7. The van der Waals surface area contributed by atoms with E-state index in [9.17, 15) is 21.6 Å². The van der Waals surface area contributed by atoms with Crippen molar-refractivity contribution in [3.63, 3.8) is 0 Å². The molecule has 1 atom stereocenters. The molecule has 3 aromatic carbocycles. The van der Waals surface area contributed by atoms with Crippen LogP contribution in [0.3, 0.4) is 0 Å². The first-order chi connectivity index (χ1) is 17.7. The number of carbonyl (C=O) groups is 1. The average Bonchev–Trinajstić information content (AvgIpc) is 2.83. The van der Waals surface area contributed by atoms with Gasteiger partial charge in [-0.25, -0.2) is 16.8 Å². The molecule has 0 unspecified atom stereocenters. The Morgan fingerprint density at radius 3 is 2.00 bits per heavy atom. The molecule has 0 aliphatic carbocycles. The molecule has 0 spiro atoms. The summed E-state index contributed by atoms with van der Waals surface area (Å²) in [7, 11) is -4.86. The van der Waals surface area contributed by atoms with E-state index in [1.54, 1.807) is 24.3 Å². The third-order valence-corrected chi connectivity index (χ3v) is 8.26. The van der Waals surface area contributed by atoms with Crippen molar-refractivity contribution >= 4 is 43.0 Å².